The van der Waals surface area contributed by atoms with Gasteiger partial charge < -0.3 is 9.67 Å². The number of amides is 1. The monoisotopic (exact) mass is 581 g/mol. The second kappa shape index (κ2) is 12.2. The van der Waals surface area contributed by atoms with E-state index < -0.39 is 12.0 Å². The van der Waals surface area contributed by atoms with Gasteiger partial charge in [0.15, 0.2) is 25.0 Å². The highest BCUT2D eigenvalue weighted by atomic mass is 32.2. The minimum absolute atomic E-state index is 0.113. The summed E-state index contributed by atoms with van der Waals surface area (Å²) in [7, 11) is 0. The van der Waals surface area contributed by atoms with Crippen LogP contribution in [0.25, 0.3) is 0 Å². The number of carboxylic acid groups (broad SMARTS) is 1. The first kappa shape index (κ1) is 27.1. The van der Waals surface area contributed by atoms with E-state index in [-0.39, 0.29) is 17.0 Å². The van der Waals surface area contributed by atoms with E-state index in [1.54, 1.807) is 23.5 Å². The van der Waals surface area contributed by atoms with Crippen LogP contribution < -0.4 is 9.92 Å². The fourth-order valence-electron chi connectivity index (χ4n) is 4.97. The quantitative estimate of drug-likeness (QED) is 0.182. The lowest BCUT2D eigenvalue weighted by Gasteiger charge is -2.47. The Hall–Kier alpha value is -4.08. The van der Waals surface area contributed by atoms with Crippen molar-refractivity contribution in [2.24, 2.45) is 4.99 Å². The fourth-order valence-corrected chi connectivity index (χ4v) is 7.32. The molecule has 6 rings (SSSR count). The zero-order valence-corrected chi connectivity index (χ0v) is 23.9. The van der Waals surface area contributed by atoms with Crippen molar-refractivity contribution in [1.82, 2.24) is 9.47 Å². The number of carboxylic acids is 1. The average molecular weight is 582 g/mol. The number of fused-ring (bicyclic) bond motifs is 1. The van der Waals surface area contributed by atoms with Gasteiger partial charge in [-0.3, -0.25) is 14.7 Å². The highest BCUT2D eigenvalue weighted by Gasteiger charge is 2.53. The van der Waals surface area contributed by atoms with Gasteiger partial charge in [0, 0.05) is 53.0 Å². The normalized spacial score (nSPS) is 18.0. The number of β-lactam (4-membered cyclic amide) rings is 1. The van der Waals surface area contributed by atoms with E-state index in [1.807, 2.05) is 85.5 Å². The third-order valence-electron chi connectivity index (χ3n) is 7.07. The first-order valence-electron chi connectivity index (χ1n) is 13.3. The summed E-state index contributed by atoms with van der Waals surface area (Å²) < 4.78 is 4.17. The van der Waals surface area contributed by atoms with Gasteiger partial charge in [0.05, 0.1) is 5.36 Å². The molecule has 7 nitrogen and oxygen atoms in total. The molecular formula is C32H29N4O3S2+. The van der Waals surface area contributed by atoms with Crippen LogP contribution in [-0.4, -0.2) is 49.4 Å². The Bertz CT molecular complexity index is 1630. The van der Waals surface area contributed by atoms with Gasteiger partial charge in [-0.05, 0) is 23.3 Å². The summed E-state index contributed by atoms with van der Waals surface area (Å²) in [5.41, 5.74) is 3.30. The van der Waals surface area contributed by atoms with Crippen molar-refractivity contribution >= 4 is 35.4 Å². The molecule has 1 saturated heterocycles. The van der Waals surface area contributed by atoms with Crippen LogP contribution in [0.1, 0.15) is 11.1 Å². The second-order valence-corrected chi connectivity index (χ2v) is 12.1. The molecule has 0 radical (unpaired) electrons. The number of aliphatic carboxylic acids is 1. The summed E-state index contributed by atoms with van der Waals surface area (Å²) in [6, 6.07) is 27.7. The van der Waals surface area contributed by atoms with Crippen LogP contribution >= 0.6 is 23.5 Å². The van der Waals surface area contributed by atoms with Crippen LogP contribution in [-0.2, 0) is 22.7 Å². The lowest BCUT2D eigenvalue weighted by Crippen LogP contribution is -2.64. The molecule has 0 bridgehead atoms. The first-order valence-corrected chi connectivity index (χ1v) is 15.4. The van der Waals surface area contributed by atoms with Crippen molar-refractivity contribution < 1.29 is 19.3 Å². The summed E-state index contributed by atoms with van der Waals surface area (Å²) in [5, 5.41) is 10.5. The molecule has 9 heteroatoms. The van der Waals surface area contributed by atoms with Crippen LogP contribution in [0, 0.1) is 0 Å². The van der Waals surface area contributed by atoms with Crippen molar-refractivity contribution in [3.05, 3.63) is 137 Å². The maximum absolute atomic E-state index is 13.1. The third kappa shape index (κ3) is 6.16. The zero-order valence-electron chi connectivity index (χ0n) is 22.2. The fraction of sp³-hybridized carbons (Fsp3) is 0.188. The molecule has 4 heterocycles. The molecule has 2 aliphatic rings. The number of nitrogens with zero attached hydrogens (tertiary/aromatic N) is 4. The molecule has 1 N–H and O–H groups in total. The molecule has 1 amide bonds. The molecule has 0 spiro atoms. The van der Waals surface area contributed by atoms with E-state index in [9.17, 15) is 14.7 Å². The number of rotatable bonds is 9. The van der Waals surface area contributed by atoms with Gasteiger partial charge >= 0.3 is 5.97 Å². The molecule has 2 aromatic heterocycles. The van der Waals surface area contributed by atoms with Gasteiger partial charge in [-0.1, -0.05) is 60.7 Å². The van der Waals surface area contributed by atoms with E-state index in [2.05, 4.69) is 38.4 Å². The maximum Gasteiger partial charge on any atom is 0.352 e. The number of benzene rings is 2. The minimum atomic E-state index is -1.06. The van der Waals surface area contributed by atoms with Gasteiger partial charge in [-0.2, -0.15) is 0 Å². The standard InChI is InChI=1S/C32H28N4O3S2/c37-30-28(33-26-11-15-34(16-12-26)19-23-7-3-1-4-8-23)31-36(30)29(32(38)39)25(22-41-31)21-40-27-13-17-35(18-14-27)20-24-9-5-2-6-10-24/h1-18,28,31H,19-22H2/p+1/t28-,31-/m1/s1. The predicted molar refractivity (Wildman–Crippen MR) is 160 cm³/mol. The molecule has 2 atom stereocenters. The molecule has 0 unspecified atom stereocenters. The van der Waals surface area contributed by atoms with E-state index in [4.69, 9.17) is 0 Å². The van der Waals surface area contributed by atoms with E-state index in [0.717, 1.165) is 23.6 Å². The van der Waals surface area contributed by atoms with Gasteiger partial charge in [0.2, 0.25) is 0 Å². The molecule has 206 valence electrons. The van der Waals surface area contributed by atoms with Crippen molar-refractivity contribution in [1.29, 1.82) is 0 Å². The summed E-state index contributed by atoms with van der Waals surface area (Å²) in [5.74, 6) is -0.254. The molecule has 2 aliphatic heterocycles. The number of aromatic nitrogens is 2. The summed E-state index contributed by atoms with van der Waals surface area (Å²) in [4.78, 5) is 32.6. The van der Waals surface area contributed by atoms with Crippen LogP contribution in [0.15, 0.2) is 131 Å². The van der Waals surface area contributed by atoms with E-state index in [0.29, 0.717) is 16.9 Å². The van der Waals surface area contributed by atoms with Gasteiger partial charge in [0.1, 0.15) is 11.1 Å². The predicted octanol–water partition coefficient (Wildman–Crippen LogP) is 4.19. The van der Waals surface area contributed by atoms with Crippen LogP contribution in [0.4, 0.5) is 0 Å². The Balaban J connectivity index is 1.11. The topological polar surface area (TPSA) is 78.8 Å². The molecule has 41 heavy (non-hydrogen) atoms. The Morgan fingerprint density at radius 1 is 0.951 bits per heavy atom. The SMILES string of the molecule is O=C(O)C1=C(CSc2cc[n+](Cc3ccccc3)cc2)CS[C@@H]2[C@H](N=c3ccn(Cc4ccccc4)cc3)C(=O)N12. The van der Waals surface area contributed by atoms with Gasteiger partial charge in [-0.15, -0.1) is 23.5 Å². The molecule has 1 fully saturated rings. The summed E-state index contributed by atoms with van der Waals surface area (Å²) in [6.07, 6.45) is 7.97. The highest BCUT2D eigenvalue weighted by Crippen LogP contribution is 2.42. The second-order valence-electron chi connectivity index (χ2n) is 9.94. The molecule has 2 aromatic carbocycles. The van der Waals surface area contributed by atoms with Gasteiger partial charge in [-0.25, -0.2) is 9.36 Å². The number of pyridine rings is 2. The van der Waals surface area contributed by atoms with E-state index in [1.165, 1.54) is 16.0 Å². The average Bonchev–Trinajstić information content (AvgIpc) is 3.00. The van der Waals surface area contributed by atoms with Crippen LogP contribution in [0.2, 0.25) is 0 Å². The molecule has 0 saturated carbocycles. The Kier molecular flexibility index (Phi) is 8.07. The van der Waals surface area contributed by atoms with Crippen molar-refractivity contribution in [2.45, 2.75) is 29.4 Å². The van der Waals surface area contributed by atoms with Crippen molar-refractivity contribution in [2.75, 3.05) is 11.5 Å². The molecule has 4 aromatic rings. The lowest BCUT2D eigenvalue weighted by molar-refractivity contribution is -0.688. The summed E-state index contributed by atoms with van der Waals surface area (Å²) >= 11 is 3.17. The number of hydrogen-bond donors (Lipinski definition) is 1. The Morgan fingerprint density at radius 3 is 2.27 bits per heavy atom. The molecule has 0 aliphatic carbocycles. The third-order valence-corrected chi connectivity index (χ3v) is 9.50. The first-order chi connectivity index (χ1) is 20.0. The largest absolute Gasteiger partial charge is 0.477 e. The smallest absolute Gasteiger partial charge is 0.352 e. The Labute approximate surface area is 246 Å². The number of thioether (sulfide) groups is 2. The van der Waals surface area contributed by atoms with Crippen molar-refractivity contribution in [3.63, 3.8) is 0 Å². The minimum Gasteiger partial charge on any atom is -0.477 e. The van der Waals surface area contributed by atoms with Crippen LogP contribution in [0.3, 0.4) is 0 Å². The van der Waals surface area contributed by atoms with Crippen molar-refractivity contribution in [3.8, 4) is 0 Å². The van der Waals surface area contributed by atoms with Gasteiger partial charge in [0.25, 0.3) is 5.91 Å². The Morgan fingerprint density at radius 2 is 1.61 bits per heavy atom. The van der Waals surface area contributed by atoms with E-state index >= 15 is 0 Å². The number of hydrogen-bond acceptors (Lipinski definition) is 5. The van der Waals surface area contributed by atoms with Crippen LogP contribution in [0.5, 0.6) is 0 Å². The number of carbonyl (C=O) groups is 2. The maximum atomic E-state index is 13.1. The molecular weight excluding hydrogens is 553 g/mol. The highest BCUT2D eigenvalue weighted by molar-refractivity contribution is 8.01. The zero-order chi connectivity index (χ0) is 28.2. The number of carbonyl (C=O) groups excluding carboxylic acids is 1. The summed E-state index contributed by atoms with van der Waals surface area (Å²) in [6.45, 7) is 1.54. The lowest BCUT2D eigenvalue weighted by atomic mass is 10.0.